The minimum Gasteiger partial charge on any atom is -0.453 e. The zero-order valence-corrected chi connectivity index (χ0v) is 29.8. The highest BCUT2D eigenvalue weighted by Gasteiger charge is 2.28. The van der Waals surface area contributed by atoms with Gasteiger partial charge in [-0.15, -0.1) is 0 Å². The normalized spacial score (nSPS) is 11.8. The molecule has 11 rings (SSSR count). The third-order valence-corrected chi connectivity index (χ3v) is 10.7. The van der Waals surface area contributed by atoms with Gasteiger partial charge in [-0.05, 0) is 82.6 Å². The second kappa shape index (κ2) is 12.6. The van der Waals surface area contributed by atoms with E-state index in [0.29, 0.717) is 0 Å². The Bertz CT molecular complexity index is 2950. The molecule has 3 heterocycles. The first kappa shape index (κ1) is 31.1. The Balaban J connectivity index is 1.15. The van der Waals surface area contributed by atoms with E-state index in [1.807, 2.05) is 6.07 Å². The lowest BCUT2D eigenvalue weighted by Gasteiger charge is -2.27. The van der Waals surface area contributed by atoms with Crippen LogP contribution in [0.5, 0.6) is 11.5 Å². The van der Waals surface area contributed by atoms with Crippen LogP contribution in [-0.2, 0) is 0 Å². The molecule has 0 radical (unpaired) electrons. The molecular weight excluding hydrogens is 671 g/mol. The number of anilines is 3. The largest absolute Gasteiger partial charge is 0.453 e. The highest BCUT2D eigenvalue weighted by Crippen LogP contribution is 2.51. The van der Waals surface area contributed by atoms with Crippen LogP contribution in [0, 0.1) is 0 Å². The van der Waals surface area contributed by atoms with E-state index in [1.165, 1.54) is 16.2 Å². The Morgan fingerprint density at radius 1 is 0.418 bits per heavy atom. The van der Waals surface area contributed by atoms with E-state index in [2.05, 4.69) is 204 Å². The van der Waals surface area contributed by atoms with Gasteiger partial charge in [-0.25, -0.2) is 4.98 Å². The van der Waals surface area contributed by atoms with Gasteiger partial charge in [0.15, 0.2) is 11.5 Å². The first-order valence-corrected chi connectivity index (χ1v) is 18.6. The molecule has 4 nitrogen and oxygen atoms in total. The molecule has 0 fully saturated rings. The number of nitrogens with zero attached hydrogens (tertiary/aromatic N) is 3. The van der Waals surface area contributed by atoms with Crippen molar-refractivity contribution in [2.75, 3.05) is 4.90 Å². The Labute approximate surface area is 318 Å². The van der Waals surface area contributed by atoms with E-state index in [4.69, 9.17) is 9.72 Å². The molecule has 8 aromatic carbocycles. The maximum absolute atomic E-state index is 7.07. The quantitative estimate of drug-likeness (QED) is 0.173. The van der Waals surface area contributed by atoms with E-state index >= 15 is 0 Å². The second-order valence-corrected chi connectivity index (χ2v) is 14.0. The first-order chi connectivity index (χ1) is 27.3. The van der Waals surface area contributed by atoms with Gasteiger partial charge in [0.2, 0.25) is 0 Å². The number of pyridine rings is 1. The molecule has 0 bridgehead atoms. The Hall–Kier alpha value is -7.43. The monoisotopic (exact) mass is 703 g/mol. The minimum absolute atomic E-state index is 0.785. The van der Waals surface area contributed by atoms with Crippen molar-refractivity contribution in [1.29, 1.82) is 0 Å². The molecule has 2 aromatic heterocycles. The molecule has 1 aliphatic rings. The molecule has 1 aliphatic heterocycles. The highest BCUT2D eigenvalue weighted by molar-refractivity contribution is 6.23. The fraction of sp³-hybridized carbons (Fsp3) is 0. The van der Waals surface area contributed by atoms with E-state index in [1.54, 1.807) is 0 Å². The number of benzene rings is 8. The first-order valence-electron chi connectivity index (χ1n) is 18.6. The van der Waals surface area contributed by atoms with Crippen molar-refractivity contribution < 1.29 is 4.74 Å². The predicted octanol–water partition coefficient (Wildman–Crippen LogP) is 13.9. The Morgan fingerprint density at radius 3 is 1.75 bits per heavy atom. The number of aromatic nitrogens is 2. The van der Waals surface area contributed by atoms with Gasteiger partial charge < -0.3 is 14.2 Å². The summed E-state index contributed by atoms with van der Waals surface area (Å²) in [5, 5.41) is 4.78. The standard InChI is InChI=1S/C51H33N3O/c1-5-15-34(16-6-1)38-29-44(36-18-7-2-8-19-36)52-45(30-38)37-26-27-46-48(31-37)55-49-33-41(53(39-20-9-3-10-21-39)40-22-11-4-12-23-40)32-43-50-42-24-14-13-17-35(42)25-28-47(50)54(46)51(43)49/h1-33H. The molecule has 258 valence electrons. The van der Waals surface area contributed by atoms with Crippen LogP contribution in [0.4, 0.5) is 17.1 Å². The van der Waals surface area contributed by atoms with E-state index in [-0.39, 0.29) is 0 Å². The van der Waals surface area contributed by atoms with E-state index in [0.717, 1.165) is 84.3 Å². The maximum atomic E-state index is 7.07. The molecule has 0 amide bonds. The third kappa shape index (κ3) is 5.19. The van der Waals surface area contributed by atoms with Crippen LogP contribution >= 0.6 is 0 Å². The lowest BCUT2D eigenvalue weighted by Crippen LogP contribution is -2.11. The fourth-order valence-corrected chi connectivity index (χ4v) is 8.21. The van der Waals surface area contributed by atoms with Crippen molar-refractivity contribution in [2.24, 2.45) is 0 Å². The topological polar surface area (TPSA) is 30.3 Å². The van der Waals surface area contributed by atoms with Gasteiger partial charge in [0.25, 0.3) is 0 Å². The van der Waals surface area contributed by atoms with Crippen molar-refractivity contribution in [3.63, 3.8) is 0 Å². The Kier molecular flexibility index (Phi) is 7.14. The van der Waals surface area contributed by atoms with Gasteiger partial charge in [0.1, 0.15) is 0 Å². The molecule has 55 heavy (non-hydrogen) atoms. The van der Waals surface area contributed by atoms with Crippen LogP contribution in [0.2, 0.25) is 0 Å². The molecule has 0 saturated heterocycles. The maximum Gasteiger partial charge on any atom is 0.154 e. The molecular formula is C51H33N3O. The van der Waals surface area contributed by atoms with E-state index in [9.17, 15) is 0 Å². The summed E-state index contributed by atoms with van der Waals surface area (Å²) in [6.45, 7) is 0. The predicted molar refractivity (Wildman–Crippen MR) is 227 cm³/mol. The summed E-state index contributed by atoms with van der Waals surface area (Å²) in [5.41, 5.74) is 12.5. The number of hydrogen-bond donors (Lipinski definition) is 0. The second-order valence-electron chi connectivity index (χ2n) is 14.0. The van der Waals surface area contributed by atoms with Crippen LogP contribution in [0.1, 0.15) is 0 Å². The van der Waals surface area contributed by atoms with Crippen molar-refractivity contribution in [3.8, 4) is 50.8 Å². The van der Waals surface area contributed by atoms with Crippen molar-refractivity contribution in [3.05, 3.63) is 200 Å². The lowest BCUT2D eigenvalue weighted by atomic mass is 9.99. The van der Waals surface area contributed by atoms with Gasteiger partial charge in [-0.1, -0.05) is 133 Å². The van der Waals surface area contributed by atoms with Crippen molar-refractivity contribution in [2.45, 2.75) is 0 Å². The molecule has 0 spiro atoms. The molecule has 0 aliphatic carbocycles. The van der Waals surface area contributed by atoms with Crippen LogP contribution in [0.15, 0.2) is 200 Å². The van der Waals surface area contributed by atoms with Gasteiger partial charge in [-0.2, -0.15) is 0 Å². The minimum atomic E-state index is 0.785. The number of rotatable bonds is 6. The summed E-state index contributed by atoms with van der Waals surface area (Å²) in [6.07, 6.45) is 0. The van der Waals surface area contributed by atoms with Gasteiger partial charge in [0.05, 0.1) is 33.8 Å². The molecule has 0 saturated carbocycles. The molecule has 0 N–H and O–H groups in total. The number of ether oxygens (including phenoxy) is 1. The summed E-state index contributed by atoms with van der Waals surface area (Å²) >= 11 is 0. The average molecular weight is 704 g/mol. The average Bonchev–Trinajstić information content (AvgIpc) is 3.60. The number of fused-ring (bicyclic) bond motifs is 7. The van der Waals surface area contributed by atoms with Gasteiger partial charge in [0, 0.05) is 39.3 Å². The Morgan fingerprint density at radius 2 is 1.04 bits per heavy atom. The zero-order valence-electron chi connectivity index (χ0n) is 29.8. The number of para-hydroxylation sites is 2. The van der Waals surface area contributed by atoms with Gasteiger partial charge >= 0.3 is 0 Å². The SMILES string of the molecule is c1ccc(-c2cc(-c3ccccc3)nc(-c3ccc4c(c3)Oc3cc(N(c5ccccc5)c5ccccc5)cc5c6c7ccccc7ccc6n-4c35)c2)cc1. The zero-order chi connectivity index (χ0) is 36.3. The molecule has 10 aromatic rings. The highest BCUT2D eigenvalue weighted by atomic mass is 16.5. The van der Waals surface area contributed by atoms with Gasteiger partial charge in [-0.3, -0.25) is 0 Å². The molecule has 0 atom stereocenters. The van der Waals surface area contributed by atoms with Crippen molar-refractivity contribution >= 4 is 49.6 Å². The van der Waals surface area contributed by atoms with Crippen LogP contribution in [0.3, 0.4) is 0 Å². The fourth-order valence-electron chi connectivity index (χ4n) is 8.21. The number of hydrogen-bond acceptors (Lipinski definition) is 3. The van der Waals surface area contributed by atoms with Crippen LogP contribution in [0.25, 0.3) is 71.9 Å². The van der Waals surface area contributed by atoms with Crippen molar-refractivity contribution in [1.82, 2.24) is 9.55 Å². The van der Waals surface area contributed by atoms with Crippen LogP contribution < -0.4 is 9.64 Å². The summed E-state index contributed by atoms with van der Waals surface area (Å²) in [5.74, 6) is 1.60. The van der Waals surface area contributed by atoms with E-state index < -0.39 is 0 Å². The lowest BCUT2D eigenvalue weighted by molar-refractivity contribution is 0.477. The molecule has 0 unspecified atom stereocenters. The van der Waals surface area contributed by atoms with Crippen LogP contribution in [-0.4, -0.2) is 9.55 Å². The third-order valence-electron chi connectivity index (χ3n) is 10.7. The summed E-state index contributed by atoms with van der Waals surface area (Å²) in [6, 6.07) is 70.6. The molecule has 4 heteroatoms. The smallest absolute Gasteiger partial charge is 0.154 e. The summed E-state index contributed by atoms with van der Waals surface area (Å²) < 4.78 is 9.46. The summed E-state index contributed by atoms with van der Waals surface area (Å²) in [7, 11) is 0. The summed E-state index contributed by atoms with van der Waals surface area (Å²) in [4.78, 5) is 7.55.